The second kappa shape index (κ2) is 8.07. The second-order valence-corrected chi connectivity index (χ2v) is 8.28. The van der Waals surface area contributed by atoms with Gasteiger partial charge in [0, 0.05) is 12.0 Å². The van der Waals surface area contributed by atoms with E-state index in [4.69, 9.17) is 21.1 Å². The van der Waals surface area contributed by atoms with Crippen LogP contribution in [0.5, 0.6) is 5.75 Å². The highest BCUT2D eigenvalue weighted by Crippen LogP contribution is 2.41. The fourth-order valence-corrected chi connectivity index (χ4v) is 3.95. The van der Waals surface area contributed by atoms with Crippen molar-refractivity contribution in [1.82, 2.24) is 9.78 Å². The molecule has 4 rings (SSSR count). The van der Waals surface area contributed by atoms with E-state index in [0.29, 0.717) is 17.8 Å². The first-order valence-corrected chi connectivity index (χ1v) is 10.2. The van der Waals surface area contributed by atoms with E-state index in [0.717, 1.165) is 16.0 Å². The normalized spacial score (nSPS) is 16.7. The molecule has 0 saturated carbocycles. The van der Waals surface area contributed by atoms with E-state index in [9.17, 15) is 9.59 Å². The van der Waals surface area contributed by atoms with E-state index in [1.54, 1.807) is 24.3 Å². The number of halogens is 1. The number of aromatic nitrogens is 2. The summed E-state index contributed by atoms with van der Waals surface area (Å²) in [4.78, 5) is 25.1. The molecule has 3 aromatic rings. The maximum Gasteiger partial charge on any atom is 0.340 e. The van der Waals surface area contributed by atoms with Crippen LogP contribution in [0.4, 0.5) is 5.69 Å². The lowest BCUT2D eigenvalue weighted by molar-refractivity contribution is 0.0600. The van der Waals surface area contributed by atoms with Crippen LogP contribution in [0.3, 0.4) is 0 Å². The van der Waals surface area contributed by atoms with E-state index >= 15 is 0 Å². The number of esters is 1. The molecule has 1 aliphatic heterocycles. The van der Waals surface area contributed by atoms with Gasteiger partial charge in [0.25, 0.3) is 5.56 Å². The van der Waals surface area contributed by atoms with Crippen molar-refractivity contribution in [3.8, 4) is 11.4 Å². The average Bonchev–Trinajstić information content (AvgIpc) is 2.76. The Morgan fingerprint density at radius 3 is 2.71 bits per heavy atom. The van der Waals surface area contributed by atoms with Crippen molar-refractivity contribution < 1.29 is 14.3 Å². The Labute approximate surface area is 184 Å². The quantitative estimate of drug-likeness (QED) is 0.607. The molecule has 2 aromatic carbocycles. The zero-order valence-electron chi connectivity index (χ0n) is 17.4. The van der Waals surface area contributed by atoms with Crippen LogP contribution in [-0.2, 0) is 4.74 Å². The van der Waals surface area contributed by atoms with Gasteiger partial charge in [0.2, 0.25) is 0 Å². The number of nitrogens with one attached hydrogen (secondary N) is 1. The minimum Gasteiger partial charge on any atom is -0.487 e. The van der Waals surface area contributed by atoms with E-state index in [1.807, 2.05) is 38.1 Å². The molecule has 0 radical (unpaired) electrons. The summed E-state index contributed by atoms with van der Waals surface area (Å²) >= 11 is 6.45. The number of anilines is 1. The van der Waals surface area contributed by atoms with Crippen LogP contribution in [0.1, 0.15) is 42.2 Å². The molecule has 1 unspecified atom stereocenters. The Kier molecular flexibility index (Phi) is 5.45. The minimum atomic E-state index is -0.566. The Hall–Kier alpha value is -3.32. The standard InChI is InChI=1S/C23H22ClN3O4/c1-23(2)12-16(14-8-5-7-11-19(14)31-23)26-17-13-25-27(21(28)20(17)24)18-10-6-4-9-15(18)22(29)30-3/h4-11,13,16,26H,12H2,1-3H3. The topological polar surface area (TPSA) is 82.5 Å². The number of para-hydroxylation sites is 2. The molecule has 2 heterocycles. The third-order valence-electron chi connectivity index (χ3n) is 5.16. The molecular formula is C23H22ClN3O4. The number of methoxy groups -OCH3 is 1. The summed E-state index contributed by atoms with van der Waals surface area (Å²) in [6.07, 6.45) is 2.16. The van der Waals surface area contributed by atoms with Crippen molar-refractivity contribution in [2.24, 2.45) is 0 Å². The molecule has 160 valence electrons. The SMILES string of the molecule is COC(=O)c1ccccc1-n1ncc(NC2CC(C)(C)Oc3ccccc32)c(Cl)c1=O. The molecule has 1 aromatic heterocycles. The molecule has 1 atom stereocenters. The fraction of sp³-hybridized carbons (Fsp3) is 0.261. The molecule has 0 bridgehead atoms. The monoisotopic (exact) mass is 439 g/mol. The summed E-state index contributed by atoms with van der Waals surface area (Å²) in [6.45, 7) is 4.03. The lowest BCUT2D eigenvalue weighted by Crippen LogP contribution is -2.37. The largest absolute Gasteiger partial charge is 0.487 e. The summed E-state index contributed by atoms with van der Waals surface area (Å²) in [5.74, 6) is 0.226. The zero-order chi connectivity index (χ0) is 22.2. The Bertz CT molecular complexity index is 1210. The van der Waals surface area contributed by atoms with Crippen molar-refractivity contribution in [3.63, 3.8) is 0 Å². The molecule has 0 aliphatic carbocycles. The van der Waals surface area contributed by atoms with Gasteiger partial charge < -0.3 is 14.8 Å². The number of hydrogen-bond acceptors (Lipinski definition) is 6. The van der Waals surface area contributed by atoms with Crippen molar-refractivity contribution in [1.29, 1.82) is 0 Å². The van der Waals surface area contributed by atoms with Gasteiger partial charge in [-0.25, -0.2) is 4.79 Å². The zero-order valence-corrected chi connectivity index (χ0v) is 18.1. The van der Waals surface area contributed by atoms with Crippen LogP contribution in [0, 0.1) is 0 Å². The number of ether oxygens (including phenoxy) is 2. The van der Waals surface area contributed by atoms with Crippen LogP contribution < -0.4 is 15.6 Å². The molecule has 0 saturated heterocycles. The summed E-state index contributed by atoms with van der Waals surface area (Å²) < 4.78 is 12.0. The van der Waals surface area contributed by atoms with Crippen molar-refractivity contribution in [3.05, 3.63) is 81.2 Å². The van der Waals surface area contributed by atoms with Crippen LogP contribution in [0.25, 0.3) is 5.69 Å². The van der Waals surface area contributed by atoms with Gasteiger partial charge in [-0.3, -0.25) is 4.79 Å². The lowest BCUT2D eigenvalue weighted by atomic mass is 9.89. The number of carbonyl (C=O) groups is 1. The second-order valence-electron chi connectivity index (χ2n) is 7.90. The van der Waals surface area contributed by atoms with Crippen LogP contribution in [0.2, 0.25) is 5.02 Å². The van der Waals surface area contributed by atoms with Crippen LogP contribution in [0.15, 0.2) is 59.5 Å². The van der Waals surface area contributed by atoms with E-state index in [-0.39, 0.29) is 22.2 Å². The summed E-state index contributed by atoms with van der Waals surface area (Å²) in [6, 6.07) is 14.2. The van der Waals surface area contributed by atoms with E-state index < -0.39 is 11.5 Å². The lowest BCUT2D eigenvalue weighted by Gasteiger charge is -2.38. The van der Waals surface area contributed by atoms with Gasteiger partial charge >= 0.3 is 5.97 Å². The first-order valence-electron chi connectivity index (χ1n) is 9.81. The Morgan fingerprint density at radius 2 is 1.94 bits per heavy atom. The molecule has 7 nitrogen and oxygen atoms in total. The van der Waals surface area contributed by atoms with Gasteiger partial charge in [-0.15, -0.1) is 0 Å². The molecular weight excluding hydrogens is 418 g/mol. The number of hydrogen-bond donors (Lipinski definition) is 1. The molecule has 8 heteroatoms. The molecule has 1 N–H and O–H groups in total. The highest BCUT2D eigenvalue weighted by atomic mass is 35.5. The predicted molar refractivity (Wildman–Crippen MR) is 118 cm³/mol. The maximum absolute atomic E-state index is 13.0. The van der Waals surface area contributed by atoms with Crippen molar-refractivity contribution >= 4 is 23.3 Å². The van der Waals surface area contributed by atoms with Crippen molar-refractivity contribution in [2.45, 2.75) is 31.9 Å². The van der Waals surface area contributed by atoms with Gasteiger partial charge in [0.1, 0.15) is 16.4 Å². The van der Waals surface area contributed by atoms with Crippen LogP contribution in [-0.4, -0.2) is 28.5 Å². The number of carbonyl (C=O) groups excluding carboxylic acids is 1. The van der Waals surface area contributed by atoms with E-state index in [1.165, 1.54) is 13.3 Å². The van der Waals surface area contributed by atoms with Gasteiger partial charge in [0.15, 0.2) is 0 Å². The maximum atomic E-state index is 13.0. The Morgan fingerprint density at radius 1 is 1.23 bits per heavy atom. The summed E-state index contributed by atoms with van der Waals surface area (Å²) in [5.41, 5.74) is 0.985. The highest BCUT2D eigenvalue weighted by Gasteiger charge is 2.34. The van der Waals surface area contributed by atoms with E-state index in [2.05, 4.69) is 10.4 Å². The first kappa shape index (κ1) is 20.9. The molecule has 1 aliphatic rings. The predicted octanol–water partition coefficient (Wildman–Crippen LogP) is 4.39. The number of nitrogens with zero attached hydrogens (tertiary/aromatic N) is 2. The number of benzene rings is 2. The average molecular weight is 440 g/mol. The smallest absolute Gasteiger partial charge is 0.340 e. The molecule has 0 spiro atoms. The fourth-order valence-electron chi connectivity index (χ4n) is 3.76. The summed E-state index contributed by atoms with van der Waals surface area (Å²) in [7, 11) is 1.28. The Balaban J connectivity index is 1.72. The van der Waals surface area contributed by atoms with Crippen molar-refractivity contribution in [2.75, 3.05) is 12.4 Å². The molecule has 0 amide bonds. The van der Waals surface area contributed by atoms with Gasteiger partial charge in [-0.05, 0) is 32.0 Å². The first-order chi connectivity index (χ1) is 14.8. The van der Waals surface area contributed by atoms with Gasteiger partial charge in [0.05, 0.1) is 36.3 Å². The van der Waals surface area contributed by atoms with Gasteiger partial charge in [-0.1, -0.05) is 41.9 Å². The minimum absolute atomic E-state index is 0.0172. The number of rotatable bonds is 4. The van der Waals surface area contributed by atoms with Gasteiger partial charge in [-0.2, -0.15) is 9.78 Å². The third kappa shape index (κ3) is 4.01. The third-order valence-corrected chi connectivity index (χ3v) is 5.53. The molecule has 31 heavy (non-hydrogen) atoms. The highest BCUT2D eigenvalue weighted by molar-refractivity contribution is 6.33. The molecule has 0 fully saturated rings. The van der Waals surface area contributed by atoms with Crippen LogP contribution >= 0.6 is 11.6 Å². The summed E-state index contributed by atoms with van der Waals surface area (Å²) in [5, 5.41) is 7.60. The number of fused-ring (bicyclic) bond motifs is 1.